The van der Waals surface area contributed by atoms with Crippen molar-refractivity contribution in [2.24, 2.45) is 0 Å². The van der Waals surface area contributed by atoms with Crippen LogP contribution in [0.4, 0.5) is 0 Å². The smallest absolute Gasteiger partial charge is 0.213 e. The van der Waals surface area contributed by atoms with Gasteiger partial charge in [0.05, 0.1) is 55.2 Å². The fraction of sp³-hybridized carbons (Fsp3) is 0.0250. The first-order chi connectivity index (χ1) is 26.6. The number of rotatable bonds is 2. The lowest BCUT2D eigenvalue weighted by molar-refractivity contribution is 1.03. The van der Waals surface area contributed by atoms with Gasteiger partial charge in [-0.1, -0.05) is 118 Å². The molecule has 0 unspecified atom stereocenters. The number of aromatic nitrogens is 8. The van der Waals surface area contributed by atoms with E-state index in [0.29, 0.717) is 0 Å². The van der Waals surface area contributed by atoms with Crippen LogP contribution in [0, 0.1) is 0 Å². The number of hydrogen-bond acceptors (Lipinski definition) is 3. The SMILES string of the molecule is Brc1ccc(Cc2nc3ccc(Br)cc3[nH]2)c(Br)c1.Brc1ccc2c(c1)[nH]c1nc3ccc(Br)cc3n12.Brc1ccc2c(c1)[nH]c1nc3ccc(Br)cc3n12. The Kier molecular flexibility index (Phi) is 10.3. The number of nitrogens with zero attached hydrogens (tertiary/aromatic N) is 5. The highest BCUT2D eigenvalue weighted by molar-refractivity contribution is 9.11. The van der Waals surface area contributed by atoms with E-state index in [0.717, 1.165) is 110 Å². The van der Waals surface area contributed by atoms with Gasteiger partial charge in [0.1, 0.15) is 5.82 Å². The first kappa shape index (κ1) is 37.3. The monoisotopic (exact) mass is 1170 g/mol. The van der Waals surface area contributed by atoms with Gasteiger partial charge in [-0.25, -0.2) is 15.0 Å². The van der Waals surface area contributed by atoms with E-state index in [1.807, 2.05) is 60.7 Å². The van der Waals surface area contributed by atoms with E-state index in [1.165, 1.54) is 5.56 Å². The molecule has 11 rings (SSSR count). The number of benzene rings is 6. The molecule has 0 atom stereocenters. The third-order valence-electron chi connectivity index (χ3n) is 8.99. The van der Waals surface area contributed by atoms with E-state index in [9.17, 15) is 0 Å². The van der Waals surface area contributed by atoms with E-state index in [2.05, 4.69) is 199 Å². The molecular formula is C40H23Br7N8. The molecule has 8 nitrogen and oxygen atoms in total. The maximum Gasteiger partial charge on any atom is 0.213 e. The second-order valence-corrected chi connectivity index (χ2v) is 19.0. The van der Waals surface area contributed by atoms with Gasteiger partial charge in [0, 0.05) is 37.7 Å². The molecule has 0 fully saturated rings. The van der Waals surface area contributed by atoms with Crippen LogP contribution < -0.4 is 0 Å². The zero-order valence-electron chi connectivity index (χ0n) is 28.0. The van der Waals surface area contributed by atoms with Crippen molar-refractivity contribution >= 4 is 178 Å². The molecule has 6 aromatic carbocycles. The summed E-state index contributed by atoms with van der Waals surface area (Å²) in [5, 5.41) is 0. The van der Waals surface area contributed by atoms with Crippen LogP contribution in [0.5, 0.6) is 0 Å². The number of H-pyrrole nitrogens is 3. The molecule has 0 spiro atoms. The predicted molar refractivity (Wildman–Crippen MR) is 248 cm³/mol. The third kappa shape index (κ3) is 7.49. The van der Waals surface area contributed by atoms with Gasteiger partial charge in [0.15, 0.2) is 0 Å². The molecule has 0 aliphatic carbocycles. The highest BCUT2D eigenvalue weighted by atomic mass is 79.9. The lowest BCUT2D eigenvalue weighted by Gasteiger charge is -2.02. The van der Waals surface area contributed by atoms with Crippen molar-refractivity contribution in [2.75, 3.05) is 0 Å². The van der Waals surface area contributed by atoms with Crippen molar-refractivity contribution < 1.29 is 0 Å². The lowest BCUT2D eigenvalue weighted by atomic mass is 10.1. The Morgan fingerprint density at radius 2 is 0.836 bits per heavy atom. The standard InChI is InChI=1S/C14H9Br3N2.2C13H7Br2N3/c15-9-2-1-8(11(17)6-9)5-14-18-12-4-3-10(16)7-13(12)19-14;2*14-7-2-4-11-10(5-7)17-13-16-9-3-1-8(15)6-12(9)18(11)13/h1-4,6-7H,5H2,(H,18,19);2*1-6H,(H,16,17). The van der Waals surface area contributed by atoms with Crippen molar-refractivity contribution in [3.05, 3.63) is 152 Å². The van der Waals surface area contributed by atoms with Crippen LogP contribution in [0.3, 0.4) is 0 Å². The number of aromatic amines is 3. The number of nitrogens with one attached hydrogen (secondary N) is 3. The fourth-order valence-corrected chi connectivity index (χ4v) is 9.53. The molecule has 0 aliphatic heterocycles. The first-order valence-corrected chi connectivity index (χ1v) is 22.2. The zero-order valence-corrected chi connectivity index (χ0v) is 39.1. The van der Waals surface area contributed by atoms with Gasteiger partial charge in [-0.15, -0.1) is 0 Å². The van der Waals surface area contributed by atoms with Gasteiger partial charge in [-0.3, -0.25) is 8.80 Å². The molecule has 0 amide bonds. The number of fused-ring (bicyclic) bond motifs is 11. The van der Waals surface area contributed by atoms with Crippen LogP contribution in [0.2, 0.25) is 0 Å². The summed E-state index contributed by atoms with van der Waals surface area (Å²) >= 11 is 24.5. The molecule has 55 heavy (non-hydrogen) atoms. The normalized spacial score (nSPS) is 11.6. The predicted octanol–water partition coefficient (Wildman–Crippen LogP) is 14.4. The fourth-order valence-electron chi connectivity index (χ4n) is 6.56. The number of halogens is 7. The summed E-state index contributed by atoms with van der Waals surface area (Å²) in [4.78, 5) is 23.8. The van der Waals surface area contributed by atoms with Crippen molar-refractivity contribution in [1.29, 1.82) is 0 Å². The van der Waals surface area contributed by atoms with E-state index in [-0.39, 0.29) is 0 Å². The molecule has 0 radical (unpaired) electrons. The van der Waals surface area contributed by atoms with Gasteiger partial charge >= 0.3 is 0 Å². The Bertz CT molecular complexity index is 3090. The van der Waals surface area contributed by atoms with Crippen LogP contribution in [0.1, 0.15) is 11.4 Å². The Labute approximate surface area is 371 Å². The molecule has 272 valence electrons. The Morgan fingerprint density at radius 3 is 1.36 bits per heavy atom. The second-order valence-electron chi connectivity index (χ2n) is 12.6. The summed E-state index contributed by atoms with van der Waals surface area (Å²) in [6.07, 6.45) is 0.778. The van der Waals surface area contributed by atoms with Crippen molar-refractivity contribution in [2.45, 2.75) is 6.42 Å². The molecule has 5 aromatic heterocycles. The van der Waals surface area contributed by atoms with E-state index in [4.69, 9.17) is 0 Å². The van der Waals surface area contributed by atoms with Crippen molar-refractivity contribution in [3.8, 4) is 0 Å². The largest absolute Gasteiger partial charge is 0.342 e. The molecule has 0 aliphatic rings. The topological polar surface area (TPSA) is 94.9 Å². The summed E-state index contributed by atoms with van der Waals surface area (Å²) in [7, 11) is 0. The average molecular weight is 1180 g/mol. The molecule has 0 saturated heterocycles. The summed E-state index contributed by atoms with van der Waals surface area (Å²) in [6.45, 7) is 0. The van der Waals surface area contributed by atoms with Crippen molar-refractivity contribution in [1.82, 2.24) is 38.7 Å². The Hall–Kier alpha value is -3.31. The van der Waals surface area contributed by atoms with Crippen LogP contribution in [0.15, 0.2) is 141 Å². The minimum Gasteiger partial charge on any atom is -0.342 e. The van der Waals surface area contributed by atoms with Crippen molar-refractivity contribution in [3.63, 3.8) is 0 Å². The highest BCUT2D eigenvalue weighted by Crippen LogP contribution is 2.29. The summed E-state index contributed by atoms with van der Waals surface area (Å²) < 4.78 is 11.7. The third-order valence-corrected chi connectivity index (χ3v) is 12.7. The molecule has 5 heterocycles. The Morgan fingerprint density at radius 1 is 0.400 bits per heavy atom. The summed E-state index contributed by atoms with van der Waals surface area (Å²) in [5.74, 6) is 2.71. The molecule has 0 bridgehead atoms. The van der Waals surface area contributed by atoms with Gasteiger partial charge in [-0.05, 0) is 109 Å². The minimum atomic E-state index is 0.778. The zero-order chi connectivity index (χ0) is 38.0. The van der Waals surface area contributed by atoms with E-state index >= 15 is 0 Å². The molecule has 0 saturated carbocycles. The molecular weight excluding hydrogens is 1150 g/mol. The Balaban J connectivity index is 0.000000108. The number of imidazole rings is 5. The molecule has 11 aromatic rings. The maximum absolute atomic E-state index is 4.60. The van der Waals surface area contributed by atoms with Gasteiger partial charge < -0.3 is 15.0 Å². The van der Waals surface area contributed by atoms with E-state index in [1.54, 1.807) is 0 Å². The van der Waals surface area contributed by atoms with Crippen LogP contribution >= 0.6 is 112 Å². The van der Waals surface area contributed by atoms with E-state index < -0.39 is 0 Å². The van der Waals surface area contributed by atoms with Crippen LogP contribution in [-0.4, -0.2) is 38.7 Å². The minimum absolute atomic E-state index is 0.778. The number of hydrogen-bond donors (Lipinski definition) is 3. The van der Waals surface area contributed by atoms with Crippen LogP contribution in [0.25, 0.3) is 66.7 Å². The van der Waals surface area contributed by atoms with Crippen LogP contribution in [-0.2, 0) is 6.42 Å². The van der Waals surface area contributed by atoms with Gasteiger partial charge in [-0.2, -0.15) is 0 Å². The average Bonchev–Trinajstić information content (AvgIpc) is 3.95. The quantitative estimate of drug-likeness (QED) is 0.161. The molecule has 3 N–H and O–H groups in total. The van der Waals surface area contributed by atoms with Gasteiger partial charge in [0.25, 0.3) is 0 Å². The summed E-state index contributed by atoms with van der Waals surface area (Å²) in [6, 6.07) is 36.9. The summed E-state index contributed by atoms with van der Waals surface area (Å²) in [5.41, 5.74) is 11.9. The first-order valence-electron chi connectivity index (χ1n) is 16.6. The van der Waals surface area contributed by atoms with Gasteiger partial charge in [0.2, 0.25) is 11.6 Å². The highest BCUT2D eigenvalue weighted by Gasteiger charge is 2.13. The maximum atomic E-state index is 4.60. The lowest BCUT2D eigenvalue weighted by Crippen LogP contribution is -1.91. The second kappa shape index (κ2) is 15.2. The molecule has 15 heteroatoms.